The molecular formula is C9H14N2O3. The van der Waals surface area contributed by atoms with Crippen LogP contribution in [0.15, 0.2) is 0 Å². The van der Waals surface area contributed by atoms with Crippen molar-refractivity contribution >= 4 is 12.2 Å². The largest absolute Gasteiger partial charge is 0.306 e. The molecule has 0 aromatic heterocycles. The van der Waals surface area contributed by atoms with Crippen molar-refractivity contribution in [2.24, 2.45) is 11.3 Å². The Bertz CT molecular complexity index is 263. The minimum absolute atomic E-state index is 0.219. The van der Waals surface area contributed by atoms with Gasteiger partial charge in [-0.25, -0.2) is 5.48 Å². The summed E-state index contributed by atoms with van der Waals surface area (Å²) >= 11 is 0. The summed E-state index contributed by atoms with van der Waals surface area (Å²) in [5.41, 5.74) is 1.85. The first-order chi connectivity index (χ1) is 6.71. The SMILES string of the molecule is O=C[C@H]1NCC2(CC2)C[C@@H]1C(=O)NO. The molecule has 0 bridgehead atoms. The highest BCUT2D eigenvalue weighted by Gasteiger charge is 2.50. The lowest BCUT2D eigenvalue weighted by Crippen LogP contribution is -2.52. The van der Waals surface area contributed by atoms with Gasteiger partial charge in [-0.15, -0.1) is 0 Å². The molecule has 1 saturated heterocycles. The third-order valence-electron chi connectivity index (χ3n) is 3.35. The van der Waals surface area contributed by atoms with E-state index in [0.717, 1.165) is 25.7 Å². The predicted octanol–water partition coefficient (Wildman–Crippen LogP) is -0.551. The maximum Gasteiger partial charge on any atom is 0.248 e. The van der Waals surface area contributed by atoms with Crippen LogP contribution in [0.5, 0.6) is 0 Å². The molecule has 2 atom stereocenters. The Balaban J connectivity index is 2.07. The second kappa shape index (κ2) is 3.33. The van der Waals surface area contributed by atoms with Gasteiger partial charge in [0.05, 0.1) is 12.0 Å². The Morgan fingerprint density at radius 2 is 2.29 bits per heavy atom. The second-order valence-corrected chi connectivity index (χ2v) is 4.33. The Morgan fingerprint density at radius 3 is 2.79 bits per heavy atom. The Kier molecular flexibility index (Phi) is 2.28. The molecule has 0 unspecified atom stereocenters. The van der Waals surface area contributed by atoms with Crippen LogP contribution in [0, 0.1) is 11.3 Å². The smallest absolute Gasteiger partial charge is 0.248 e. The fourth-order valence-corrected chi connectivity index (χ4v) is 2.18. The predicted molar refractivity (Wildman–Crippen MR) is 47.6 cm³/mol. The van der Waals surface area contributed by atoms with Gasteiger partial charge < -0.3 is 10.1 Å². The molecule has 1 aliphatic heterocycles. The Labute approximate surface area is 81.8 Å². The highest BCUT2D eigenvalue weighted by Crippen LogP contribution is 2.52. The zero-order chi connectivity index (χ0) is 10.2. The summed E-state index contributed by atoms with van der Waals surface area (Å²) in [6.45, 7) is 0.811. The van der Waals surface area contributed by atoms with Crippen LogP contribution in [0.1, 0.15) is 19.3 Å². The van der Waals surface area contributed by atoms with Gasteiger partial charge in [-0.1, -0.05) is 0 Å². The average Bonchev–Trinajstić information content (AvgIpc) is 2.97. The number of hydrogen-bond donors (Lipinski definition) is 3. The molecule has 1 aliphatic carbocycles. The van der Waals surface area contributed by atoms with Crippen molar-refractivity contribution in [1.82, 2.24) is 10.8 Å². The van der Waals surface area contributed by atoms with Crippen LogP contribution in [0.2, 0.25) is 0 Å². The van der Waals surface area contributed by atoms with Crippen LogP contribution < -0.4 is 10.8 Å². The number of aldehydes is 1. The van der Waals surface area contributed by atoms with E-state index in [1.54, 1.807) is 5.48 Å². The third-order valence-corrected chi connectivity index (χ3v) is 3.35. The lowest BCUT2D eigenvalue weighted by molar-refractivity contribution is -0.137. The molecule has 3 N–H and O–H groups in total. The van der Waals surface area contributed by atoms with Crippen LogP contribution in [-0.2, 0) is 9.59 Å². The summed E-state index contributed by atoms with van der Waals surface area (Å²) in [4.78, 5) is 22.0. The number of hydrogen-bond acceptors (Lipinski definition) is 4. The van der Waals surface area contributed by atoms with Crippen LogP contribution in [0.4, 0.5) is 0 Å². The molecule has 5 heteroatoms. The number of hydroxylamine groups is 1. The van der Waals surface area contributed by atoms with Gasteiger partial charge in [0.15, 0.2) is 0 Å². The first-order valence-electron chi connectivity index (χ1n) is 4.83. The van der Waals surface area contributed by atoms with Gasteiger partial charge in [-0.05, 0) is 24.7 Å². The van der Waals surface area contributed by atoms with Crippen molar-refractivity contribution in [2.45, 2.75) is 25.3 Å². The monoisotopic (exact) mass is 198 g/mol. The molecule has 5 nitrogen and oxygen atoms in total. The molecule has 1 saturated carbocycles. The topological polar surface area (TPSA) is 78.4 Å². The van der Waals surface area contributed by atoms with Crippen molar-refractivity contribution in [3.63, 3.8) is 0 Å². The van der Waals surface area contributed by atoms with Gasteiger partial charge in [-0.2, -0.15) is 0 Å². The van der Waals surface area contributed by atoms with Gasteiger partial charge in [0.2, 0.25) is 5.91 Å². The number of amides is 1. The van der Waals surface area contributed by atoms with Crippen LogP contribution in [-0.4, -0.2) is 30.0 Å². The summed E-state index contributed by atoms with van der Waals surface area (Å²) in [6, 6.07) is -0.451. The summed E-state index contributed by atoms with van der Waals surface area (Å²) < 4.78 is 0. The van der Waals surface area contributed by atoms with E-state index in [-0.39, 0.29) is 5.41 Å². The van der Waals surface area contributed by atoms with Gasteiger partial charge in [0.25, 0.3) is 0 Å². The van der Waals surface area contributed by atoms with Crippen molar-refractivity contribution < 1.29 is 14.8 Å². The van der Waals surface area contributed by atoms with E-state index in [0.29, 0.717) is 6.42 Å². The van der Waals surface area contributed by atoms with Crippen LogP contribution >= 0.6 is 0 Å². The van der Waals surface area contributed by atoms with Crippen LogP contribution in [0.25, 0.3) is 0 Å². The zero-order valence-electron chi connectivity index (χ0n) is 7.82. The molecule has 2 rings (SSSR count). The first-order valence-corrected chi connectivity index (χ1v) is 4.83. The number of piperidine rings is 1. The van der Waals surface area contributed by atoms with E-state index in [2.05, 4.69) is 5.32 Å². The average molecular weight is 198 g/mol. The van der Waals surface area contributed by atoms with Crippen LogP contribution in [0.3, 0.4) is 0 Å². The Hall–Kier alpha value is -0.940. The fraction of sp³-hybridized carbons (Fsp3) is 0.778. The second-order valence-electron chi connectivity index (χ2n) is 4.33. The maximum atomic E-state index is 11.3. The summed E-state index contributed by atoms with van der Waals surface area (Å²) in [5, 5.41) is 11.6. The molecule has 1 amide bonds. The van der Waals surface area contributed by atoms with E-state index in [9.17, 15) is 9.59 Å². The molecule has 14 heavy (non-hydrogen) atoms. The zero-order valence-corrected chi connectivity index (χ0v) is 7.82. The maximum absolute atomic E-state index is 11.3. The lowest BCUT2D eigenvalue weighted by Gasteiger charge is -2.33. The van der Waals surface area contributed by atoms with Crippen molar-refractivity contribution in [2.75, 3.05) is 6.54 Å². The van der Waals surface area contributed by atoms with Crippen molar-refractivity contribution in [1.29, 1.82) is 0 Å². The molecule has 2 fully saturated rings. The Morgan fingerprint density at radius 1 is 1.57 bits per heavy atom. The van der Waals surface area contributed by atoms with Crippen molar-refractivity contribution in [3.8, 4) is 0 Å². The van der Waals surface area contributed by atoms with Gasteiger partial charge >= 0.3 is 0 Å². The summed E-state index contributed by atoms with van der Waals surface area (Å²) in [7, 11) is 0. The summed E-state index contributed by atoms with van der Waals surface area (Å²) in [5.74, 6) is -0.880. The molecule has 0 aromatic carbocycles. The standard InChI is InChI=1S/C9H14N2O3/c12-4-7-6(8(13)11-14)3-9(1-2-9)5-10-7/h4,6-7,10,14H,1-3,5H2,(H,11,13)/t6-,7+/m0/s1. The molecule has 1 spiro atoms. The molecular weight excluding hydrogens is 184 g/mol. The minimum Gasteiger partial charge on any atom is -0.306 e. The van der Waals surface area contributed by atoms with Gasteiger partial charge in [0, 0.05) is 6.54 Å². The number of carbonyl (C=O) groups excluding carboxylic acids is 2. The summed E-state index contributed by atoms with van der Waals surface area (Å²) in [6.07, 6.45) is 3.67. The molecule has 0 radical (unpaired) electrons. The third kappa shape index (κ3) is 1.53. The van der Waals surface area contributed by atoms with E-state index < -0.39 is 17.9 Å². The molecule has 2 aliphatic rings. The van der Waals surface area contributed by atoms with Gasteiger partial charge in [0.1, 0.15) is 6.29 Å². The fourth-order valence-electron chi connectivity index (χ4n) is 2.18. The molecule has 0 aromatic rings. The highest BCUT2D eigenvalue weighted by molar-refractivity contribution is 5.82. The molecule has 78 valence electrons. The van der Waals surface area contributed by atoms with E-state index in [1.165, 1.54) is 0 Å². The first kappa shape index (κ1) is 9.61. The number of rotatable bonds is 2. The highest BCUT2D eigenvalue weighted by atomic mass is 16.5. The lowest BCUT2D eigenvalue weighted by atomic mass is 9.82. The minimum atomic E-state index is -0.458. The number of nitrogens with one attached hydrogen (secondary N) is 2. The van der Waals surface area contributed by atoms with Gasteiger partial charge in [-0.3, -0.25) is 10.0 Å². The van der Waals surface area contributed by atoms with E-state index in [4.69, 9.17) is 5.21 Å². The van der Waals surface area contributed by atoms with E-state index in [1.807, 2.05) is 0 Å². The normalized spacial score (nSPS) is 33.8. The van der Waals surface area contributed by atoms with Crippen molar-refractivity contribution in [3.05, 3.63) is 0 Å². The number of carbonyl (C=O) groups is 2. The molecule has 1 heterocycles. The quantitative estimate of drug-likeness (QED) is 0.316. The van der Waals surface area contributed by atoms with E-state index >= 15 is 0 Å².